The van der Waals surface area contributed by atoms with Crippen LogP contribution in [0.25, 0.3) is 10.9 Å². The van der Waals surface area contributed by atoms with Crippen LogP contribution in [0.4, 0.5) is 5.69 Å². The molecule has 0 saturated carbocycles. The first kappa shape index (κ1) is 24.6. The topological polar surface area (TPSA) is 101 Å². The molecule has 2 saturated heterocycles. The number of fused-ring (bicyclic) bond motifs is 1. The largest absolute Gasteiger partial charge is 0.497 e. The van der Waals surface area contributed by atoms with Crippen LogP contribution in [0.3, 0.4) is 0 Å². The zero-order valence-corrected chi connectivity index (χ0v) is 21.8. The van der Waals surface area contributed by atoms with Crippen molar-refractivity contribution in [2.45, 2.75) is 38.5 Å². The Kier molecular flexibility index (Phi) is 6.82. The summed E-state index contributed by atoms with van der Waals surface area (Å²) in [4.78, 5) is 21.3. The molecule has 6 rings (SSSR count). The number of hydrogen-bond acceptors (Lipinski definition) is 8. The number of nitrogens with one attached hydrogen (secondary N) is 1. The molecule has 2 atom stereocenters. The van der Waals surface area contributed by atoms with Crippen molar-refractivity contribution in [2.75, 3.05) is 44.8 Å². The second-order valence-electron chi connectivity index (χ2n) is 10.1. The standard InChI is InChI=1S/C28H33N7O3/c1-19-5-6-20-17-24(28(36)29-25(20)16-19)26(27-30-31-32-35(27)18-23-4-3-15-38-23)34-13-11-33(12-14-34)21-7-9-22(37-2)10-8-21/h5-10,16-17,23,26H,3-4,11-15,18H2,1-2H3,(H,29,36). The van der Waals surface area contributed by atoms with Crippen molar-refractivity contribution in [1.29, 1.82) is 0 Å². The third-order valence-corrected chi connectivity index (χ3v) is 7.65. The number of aromatic amines is 1. The van der Waals surface area contributed by atoms with Crippen molar-refractivity contribution in [3.63, 3.8) is 0 Å². The summed E-state index contributed by atoms with van der Waals surface area (Å²) in [6.45, 7) is 6.53. The van der Waals surface area contributed by atoms with Crippen LogP contribution in [0, 0.1) is 6.92 Å². The first-order chi connectivity index (χ1) is 18.6. The van der Waals surface area contributed by atoms with E-state index in [1.165, 1.54) is 0 Å². The van der Waals surface area contributed by atoms with Gasteiger partial charge in [-0.05, 0) is 77.5 Å². The molecule has 0 radical (unpaired) electrons. The molecular weight excluding hydrogens is 482 g/mol. The molecule has 2 aliphatic heterocycles. The normalized spacial score (nSPS) is 19.2. The summed E-state index contributed by atoms with van der Waals surface area (Å²) < 4.78 is 13.0. The number of pyridine rings is 1. The number of hydrogen-bond donors (Lipinski definition) is 1. The number of piperazine rings is 1. The Labute approximate surface area is 221 Å². The number of rotatable bonds is 7. The van der Waals surface area contributed by atoms with E-state index in [-0.39, 0.29) is 17.7 Å². The number of methoxy groups -OCH3 is 1. The van der Waals surface area contributed by atoms with Gasteiger partial charge in [0.25, 0.3) is 5.56 Å². The molecule has 0 aliphatic carbocycles. The van der Waals surface area contributed by atoms with Gasteiger partial charge in [-0.15, -0.1) is 5.10 Å². The van der Waals surface area contributed by atoms with Gasteiger partial charge in [0.05, 0.1) is 19.8 Å². The fraction of sp³-hybridized carbons (Fsp3) is 0.429. The molecule has 4 heterocycles. The second kappa shape index (κ2) is 10.5. The van der Waals surface area contributed by atoms with Crippen LogP contribution in [0.15, 0.2) is 53.3 Å². The lowest BCUT2D eigenvalue weighted by Crippen LogP contribution is -2.49. The molecule has 0 bridgehead atoms. The molecule has 0 amide bonds. The smallest absolute Gasteiger partial charge is 0.253 e. The van der Waals surface area contributed by atoms with Gasteiger partial charge in [-0.25, -0.2) is 4.68 Å². The van der Waals surface area contributed by atoms with Crippen LogP contribution >= 0.6 is 0 Å². The molecule has 2 aromatic carbocycles. The molecule has 0 spiro atoms. The third kappa shape index (κ3) is 4.89. The summed E-state index contributed by atoms with van der Waals surface area (Å²) in [6.07, 6.45) is 2.12. The molecule has 2 aliphatic rings. The number of tetrazole rings is 1. The third-order valence-electron chi connectivity index (χ3n) is 7.65. The number of ether oxygens (including phenoxy) is 2. The van der Waals surface area contributed by atoms with E-state index >= 15 is 0 Å². The van der Waals surface area contributed by atoms with Crippen LogP contribution in [-0.4, -0.2) is 76.1 Å². The van der Waals surface area contributed by atoms with E-state index in [9.17, 15) is 4.79 Å². The predicted molar refractivity (Wildman–Crippen MR) is 145 cm³/mol. The Balaban J connectivity index is 1.34. The fourth-order valence-electron chi connectivity index (χ4n) is 5.58. The summed E-state index contributed by atoms with van der Waals surface area (Å²) in [5.41, 5.74) is 3.64. The van der Waals surface area contributed by atoms with E-state index in [1.54, 1.807) is 7.11 Å². The molecule has 1 N–H and O–H groups in total. The average molecular weight is 516 g/mol. The maximum Gasteiger partial charge on any atom is 0.253 e. The van der Waals surface area contributed by atoms with Crippen LogP contribution in [0.1, 0.15) is 35.8 Å². The zero-order valence-electron chi connectivity index (χ0n) is 21.8. The van der Waals surface area contributed by atoms with E-state index < -0.39 is 0 Å². The molecule has 198 valence electrons. The van der Waals surface area contributed by atoms with Gasteiger partial charge < -0.3 is 19.4 Å². The van der Waals surface area contributed by atoms with Crippen LogP contribution in [0.2, 0.25) is 0 Å². The first-order valence-electron chi connectivity index (χ1n) is 13.2. The van der Waals surface area contributed by atoms with Gasteiger partial charge in [0.1, 0.15) is 11.8 Å². The van der Waals surface area contributed by atoms with Gasteiger partial charge in [0.2, 0.25) is 0 Å². The maximum atomic E-state index is 13.5. The number of anilines is 1. The quantitative estimate of drug-likeness (QED) is 0.401. The molecule has 10 heteroatoms. The summed E-state index contributed by atoms with van der Waals surface area (Å²) in [7, 11) is 1.68. The molecule has 2 unspecified atom stereocenters. The summed E-state index contributed by atoms with van der Waals surface area (Å²) in [5, 5.41) is 13.8. The van der Waals surface area contributed by atoms with Gasteiger partial charge in [-0.2, -0.15) is 0 Å². The maximum absolute atomic E-state index is 13.5. The SMILES string of the molecule is COc1ccc(N2CCN(C(c3cc4ccc(C)cc4[nH]c3=O)c3nnnn3CC3CCCO3)CC2)cc1. The van der Waals surface area contributed by atoms with Gasteiger partial charge in [0, 0.05) is 49.6 Å². The minimum Gasteiger partial charge on any atom is -0.497 e. The molecular formula is C28H33N7O3. The number of aromatic nitrogens is 5. The number of nitrogens with zero attached hydrogens (tertiary/aromatic N) is 6. The summed E-state index contributed by atoms with van der Waals surface area (Å²) in [5.74, 6) is 1.52. The van der Waals surface area contributed by atoms with Crippen molar-refractivity contribution >= 4 is 16.6 Å². The van der Waals surface area contributed by atoms with E-state index in [0.717, 1.165) is 73.5 Å². The van der Waals surface area contributed by atoms with E-state index in [4.69, 9.17) is 9.47 Å². The highest BCUT2D eigenvalue weighted by Gasteiger charge is 2.33. The molecule has 4 aromatic rings. The summed E-state index contributed by atoms with van der Waals surface area (Å²) >= 11 is 0. The van der Waals surface area contributed by atoms with Gasteiger partial charge in [-0.3, -0.25) is 9.69 Å². The number of H-pyrrole nitrogens is 1. The molecule has 2 aromatic heterocycles. The lowest BCUT2D eigenvalue weighted by Gasteiger charge is -2.39. The summed E-state index contributed by atoms with van der Waals surface area (Å²) in [6, 6.07) is 15.9. The highest BCUT2D eigenvalue weighted by molar-refractivity contribution is 5.79. The van der Waals surface area contributed by atoms with Gasteiger partial charge >= 0.3 is 0 Å². The van der Waals surface area contributed by atoms with Crippen molar-refractivity contribution in [3.8, 4) is 5.75 Å². The zero-order chi connectivity index (χ0) is 26.1. The predicted octanol–water partition coefficient (Wildman–Crippen LogP) is 2.92. The average Bonchev–Trinajstić information content (AvgIpc) is 3.62. The van der Waals surface area contributed by atoms with Crippen molar-refractivity contribution in [1.82, 2.24) is 30.1 Å². The van der Waals surface area contributed by atoms with E-state index in [0.29, 0.717) is 17.9 Å². The van der Waals surface area contributed by atoms with Gasteiger partial charge in [0.15, 0.2) is 5.82 Å². The van der Waals surface area contributed by atoms with Crippen molar-refractivity contribution in [3.05, 3.63) is 75.8 Å². The van der Waals surface area contributed by atoms with E-state index in [2.05, 4.69) is 54.6 Å². The fourth-order valence-corrected chi connectivity index (χ4v) is 5.58. The van der Waals surface area contributed by atoms with Crippen molar-refractivity contribution in [2.24, 2.45) is 0 Å². The molecule has 2 fully saturated rings. The highest BCUT2D eigenvalue weighted by atomic mass is 16.5. The Bertz CT molecular complexity index is 1450. The number of benzene rings is 2. The number of aryl methyl sites for hydroxylation is 1. The second-order valence-corrected chi connectivity index (χ2v) is 10.1. The monoisotopic (exact) mass is 515 g/mol. The lowest BCUT2D eigenvalue weighted by atomic mass is 10.0. The molecule has 38 heavy (non-hydrogen) atoms. The lowest BCUT2D eigenvalue weighted by molar-refractivity contribution is 0.0906. The van der Waals surface area contributed by atoms with Crippen LogP contribution in [-0.2, 0) is 11.3 Å². The highest BCUT2D eigenvalue weighted by Crippen LogP contribution is 2.30. The Morgan fingerprint density at radius 3 is 2.66 bits per heavy atom. The minimum absolute atomic E-state index is 0.0858. The van der Waals surface area contributed by atoms with E-state index in [1.807, 2.05) is 35.9 Å². The van der Waals surface area contributed by atoms with Gasteiger partial charge in [-0.1, -0.05) is 12.1 Å². The van der Waals surface area contributed by atoms with Crippen molar-refractivity contribution < 1.29 is 9.47 Å². The molecule has 10 nitrogen and oxygen atoms in total. The van der Waals surface area contributed by atoms with Crippen LogP contribution < -0.4 is 15.2 Å². The Hall–Kier alpha value is -3.76. The van der Waals surface area contributed by atoms with Crippen LogP contribution in [0.5, 0.6) is 5.75 Å². The first-order valence-corrected chi connectivity index (χ1v) is 13.2. The Morgan fingerprint density at radius 1 is 1.11 bits per heavy atom. The Morgan fingerprint density at radius 2 is 1.92 bits per heavy atom. The minimum atomic E-state index is -0.376.